The number of amides is 1. The third-order valence-corrected chi connectivity index (χ3v) is 4.91. The van der Waals surface area contributed by atoms with E-state index in [1.807, 2.05) is 66.7 Å². The molecule has 0 fully saturated rings. The minimum absolute atomic E-state index is 0.130. The first-order chi connectivity index (χ1) is 13.6. The SMILES string of the molecule is O=C(Cc1c[nH]c2ccccc12)NC(Cc1ccc2ccccc2c1)C(=O)O. The molecule has 0 aliphatic heterocycles. The monoisotopic (exact) mass is 372 g/mol. The number of para-hydroxylation sites is 1. The fourth-order valence-corrected chi connectivity index (χ4v) is 3.50. The zero-order valence-electron chi connectivity index (χ0n) is 15.2. The molecular weight excluding hydrogens is 352 g/mol. The minimum atomic E-state index is -1.04. The van der Waals surface area contributed by atoms with Gasteiger partial charge in [-0.15, -0.1) is 0 Å². The van der Waals surface area contributed by atoms with E-state index in [9.17, 15) is 14.7 Å². The predicted octanol–water partition coefficient (Wildman–Crippen LogP) is 3.68. The van der Waals surface area contributed by atoms with Crippen LogP contribution in [0, 0.1) is 0 Å². The number of carbonyl (C=O) groups excluding carboxylic acids is 1. The van der Waals surface area contributed by atoms with E-state index in [-0.39, 0.29) is 18.7 Å². The van der Waals surface area contributed by atoms with E-state index in [1.54, 1.807) is 6.20 Å². The van der Waals surface area contributed by atoms with Crippen LogP contribution < -0.4 is 5.32 Å². The zero-order valence-corrected chi connectivity index (χ0v) is 15.2. The van der Waals surface area contributed by atoms with Crippen molar-refractivity contribution in [3.63, 3.8) is 0 Å². The molecule has 0 aliphatic rings. The highest BCUT2D eigenvalue weighted by molar-refractivity contribution is 5.90. The third-order valence-electron chi connectivity index (χ3n) is 4.91. The van der Waals surface area contributed by atoms with E-state index in [0.29, 0.717) is 0 Å². The van der Waals surface area contributed by atoms with E-state index in [2.05, 4.69) is 10.3 Å². The lowest BCUT2D eigenvalue weighted by molar-refractivity contribution is -0.141. The first-order valence-corrected chi connectivity index (χ1v) is 9.15. The molecule has 1 unspecified atom stereocenters. The van der Waals surface area contributed by atoms with E-state index < -0.39 is 12.0 Å². The van der Waals surface area contributed by atoms with Crippen LogP contribution in [0.2, 0.25) is 0 Å². The fourth-order valence-electron chi connectivity index (χ4n) is 3.50. The summed E-state index contributed by atoms with van der Waals surface area (Å²) in [4.78, 5) is 27.3. The predicted molar refractivity (Wildman–Crippen MR) is 109 cm³/mol. The second-order valence-corrected chi connectivity index (χ2v) is 6.88. The molecule has 1 amide bonds. The summed E-state index contributed by atoms with van der Waals surface area (Å²) in [5.41, 5.74) is 2.68. The van der Waals surface area contributed by atoms with E-state index in [0.717, 1.165) is 32.8 Å². The molecule has 1 atom stereocenters. The Balaban J connectivity index is 1.48. The van der Waals surface area contributed by atoms with Crippen LogP contribution in [-0.2, 0) is 22.4 Å². The van der Waals surface area contributed by atoms with Crippen LogP contribution in [0.1, 0.15) is 11.1 Å². The number of rotatable bonds is 6. The van der Waals surface area contributed by atoms with Crippen LogP contribution in [0.4, 0.5) is 0 Å². The first-order valence-electron chi connectivity index (χ1n) is 9.15. The van der Waals surface area contributed by atoms with Crippen molar-refractivity contribution in [3.8, 4) is 0 Å². The second kappa shape index (κ2) is 7.56. The van der Waals surface area contributed by atoms with Gasteiger partial charge in [-0.2, -0.15) is 0 Å². The summed E-state index contributed by atoms with van der Waals surface area (Å²) in [6.07, 6.45) is 2.16. The van der Waals surface area contributed by atoms with Crippen LogP contribution in [0.3, 0.4) is 0 Å². The summed E-state index contributed by atoms with van der Waals surface area (Å²) in [7, 11) is 0. The van der Waals surface area contributed by atoms with Crippen molar-refractivity contribution in [2.75, 3.05) is 0 Å². The van der Waals surface area contributed by atoms with Gasteiger partial charge in [-0.25, -0.2) is 4.79 Å². The average molecular weight is 372 g/mol. The highest BCUT2D eigenvalue weighted by Gasteiger charge is 2.21. The van der Waals surface area contributed by atoms with Gasteiger partial charge in [0, 0.05) is 23.5 Å². The van der Waals surface area contributed by atoms with Crippen molar-refractivity contribution in [2.24, 2.45) is 0 Å². The van der Waals surface area contributed by atoms with Crippen molar-refractivity contribution in [3.05, 3.63) is 84.1 Å². The largest absolute Gasteiger partial charge is 0.480 e. The van der Waals surface area contributed by atoms with Gasteiger partial charge in [-0.05, 0) is 28.0 Å². The maximum absolute atomic E-state index is 12.5. The van der Waals surface area contributed by atoms with E-state index in [1.165, 1.54) is 0 Å². The lowest BCUT2D eigenvalue weighted by atomic mass is 10.0. The Hall–Kier alpha value is -3.60. The number of benzene rings is 3. The number of carbonyl (C=O) groups is 2. The summed E-state index contributed by atoms with van der Waals surface area (Å²) in [6.45, 7) is 0. The molecule has 4 aromatic rings. The third kappa shape index (κ3) is 3.74. The molecule has 0 aliphatic carbocycles. The Labute approximate surface area is 162 Å². The van der Waals surface area contributed by atoms with Gasteiger partial charge >= 0.3 is 5.97 Å². The number of nitrogens with one attached hydrogen (secondary N) is 2. The molecule has 0 saturated heterocycles. The number of aromatic nitrogens is 1. The van der Waals surface area contributed by atoms with Gasteiger partial charge in [0.2, 0.25) is 5.91 Å². The summed E-state index contributed by atoms with van der Waals surface area (Å²) < 4.78 is 0. The van der Waals surface area contributed by atoms with Gasteiger partial charge in [0.05, 0.1) is 6.42 Å². The van der Waals surface area contributed by atoms with Crippen LogP contribution in [0.5, 0.6) is 0 Å². The number of carboxylic acids is 1. The lowest BCUT2D eigenvalue weighted by Gasteiger charge is -2.15. The molecule has 1 heterocycles. The fraction of sp³-hybridized carbons (Fsp3) is 0.130. The molecule has 3 aromatic carbocycles. The highest BCUT2D eigenvalue weighted by atomic mass is 16.4. The molecule has 0 radical (unpaired) electrons. The smallest absolute Gasteiger partial charge is 0.326 e. The molecule has 0 spiro atoms. The second-order valence-electron chi connectivity index (χ2n) is 6.88. The Morgan fingerprint density at radius 2 is 1.71 bits per heavy atom. The number of hydrogen-bond donors (Lipinski definition) is 3. The number of H-pyrrole nitrogens is 1. The minimum Gasteiger partial charge on any atom is -0.480 e. The van der Waals surface area contributed by atoms with Gasteiger partial charge < -0.3 is 15.4 Å². The van der Waals surface area contributed by atoms with Crippen LogP contribution in [0.25, 0.3) is 21.7 Å². The van der Waals surface area contributed by atoms with Gasteiger partial charge in [-0.1, -0.05) is 60.7 Å². The molecule has 5 heteroatoms. The average Bonchev–Trinajstić information content (AvgIpc) is 3.10. The maximum atomic E-state index is 12.5. The van der Waals surface area contributed by atoms with Crippen LogP contribution in [0.15, 0.2) is 72.9 Å². The molecule has 3 N–H and O–H groups in total. The summed E-state index contributed by atoms with van der Waals surface area (Å²) in [5, 5.41) is 15.4. The normalized spacial score (nSPS) is 12.1. The summed E-state index contributed by atoms with van der Waals surface area (Å²) in [5.74, 6) is -1.35. The number of carboxylic acid groups (broad SMARTS) is 1. The molecule has 140 valence electrons. The van der Waals surface area contributed by atoms with Gasteiger partial charge in [0.1, 0.15) is 6.04 Å². The van der Waals surface area contributed by atoms with Crippen molar-refractivity contribution in [1.29, 1.82) is 0 Å². The van der Waals surface area contributed by atoms with E-state index in [4.69, 9.17) is 0 Å². The lowest BCUT2D eigenvalue weighted by Crippen LogP contribution is -2.43. The van der Waals surface area contributed by atoms with Crippen molar-refractivity contribution >= 4 is 33.6 Å². The van der Waals surface area contributed by atoms with E-state index >= 15 is 0 Å². The molecule has 0 saturated carbocycles. The number of aromatic amines is 1. The van der Waals surface area contributed by atoms with Crippen molar-refractivity contribution in [2.45, 2.75) is 18.9 Å². The number of aliphatic carboxylic acids is 1. The standard InChI is InChI=1S/C23H20N2O3/c26-22(13-18-14-24-20-8-4-3-7-19(18)20)25-21(23(27)28)12-15-9-10-16-5-1-2-6-17(16)11-15/h1-11,14,21,24H,12-13H2,(H,25,26)(H,27,28). The topological polar surface area (TPSA) is 82.2 Å². The molecule has 4 rings (SSSR count). The molecular formula is C23H20N2O3. The maximum Gasteiger partial charge on any atom is 0.326 e. The molecule has 5 nitrogen and oxygen atoms in total. The van der Waals surface area contributed by atoms with Gasteiger partial charge in [-0.3, -0.25) is 4.79 Å². The Morgan fingerprint density at radius 3 is 2.54 bits per heavy atom. The Bertz CT molecular complexity index is 1160. The number of fused-ring (bicyclic) bond motifs is 2. The van der Waals surface area contributed by atoms with Crippen molar-refractivity contribution in [1.82, 2.24) is 10.3 Å². The highest BCUT2D eigenvalue weighted by Crippen LogP contribution is 2.19. The number of hydrogen-bond acceptors (Lipinski definition) is 2. The van der Waals surface area contributed by atoms with Crippen LogP contribution >= 0.6 is 0 Å². The van der Waals surface area contributed by atoms with Crippen molar-refractivity contribution < 1.29 is 14.7 Å². The Kier molecular flexibility index (Phi) is 4.81. The quantitative estimate of drug-likeness (QED) is 0.483. The van der Waals surface area contributed by atoms with Crippen LogP contribution in [-0.4, -0.2) is 28.0 Å². The van der Waals surface area contributed by atoms with Gasteiger partial charge in [0.25, 0.3) is 0 Å². The Morgan fingerprint density at radius 1 is 0.964 bits per heavy atom. The van der Waals surface area contributed by atoms with Gasteiger partial charge in [0.15, 0.2) is 0 Å². The molecule has 1 aromatic heterocycles. The molecule has 28 heavy (non-hydrogen) atoms. The zero-order chi connectivity index (χ0) is 19.5. The first kappa shape index (κ1) is 17.8. The summed E-state index contributed by atoms with van der Waals surface area (Å²) in [6, 6.07) is 20.5. The molecule has 0 bridgehead atoms. The summed E-state index contributed by atoms with van der Waals surface area (Å²) >= 11 is 0.